The van der Waals surface area contributed by atoms with Crippen LogP contribution in [0.5, 0.6) is 0 Å². The van der Waals surface area contributed by atoms with Crippen LogP contribution < -0.4 is 0 Å². The number of piperidine rings is 1. The number of likely N-dealkylation sites (tertiary alicyclic amines) is 1. The SMILES string of the molecule is CC(C)(C)OC(=O)N1CC[C@H](C(=O)O)C[C@H]1C(=O)O. The van der Waals surface area contributed by atoms with Gasteiger partial charge >= 0.3 is 18.0 Å². The van der Waals surface area contributed by atoms with Crippen molar-refractivity contribution in [1.82, 2.24) is 4.90 Å². The van der Waals surface area contributed by atoms with Crippen molar-refractivity contribution in [2.75, 3.05) is 6.54 Å². The molecule has 108 valence electrons. The van der Waals surface area contributed by atoms with Crippen molar-refractivity contribution in [3.63, 3.8) is 0 Å². The molecule has 0 spiro atoms. The summed E-state index contributed by atoms with van der Waals surface area (Å²) in [6.45, 7) is 5.13. The van der Waals surface area contributed by atoms with Crippen molar-refractivity contribution in [3.05, 3.63) is 0 Å². The van der Waals surface area contributed by atoms with Crippen molar-refractivity contribution in [2.45, 2.75) is 45.3 Å². The van der Waals surface area contributed by atoms with E-state index in [-0.39, 0.29) is 19.4 Å². The minimum atomic E-state index is -1.21. The van der Waals surface area contributed by atoms with E-state index < -0.39 is 35.6 Å². The van der Waals surface area contributed by atoms with E-state index in [9.17, 15) is 14.4 Å². The summed E-state index contributed by atoms with van der Waals surface area (Å²) >= 11 is 0. The summed E-state index contributed by atoms with van der Waals surface area (Å²) in [5, 5.41) is 18.0. The summed E-state index contributed by atoms with van der Waals surface area (Å²) in [5.74, 6) is -2.98. The number of rotatable bonds is 2. The molecule has 0 aromatic rings. The van der Waals surface area contributed by atoms with Gasteiger partial charge in [0.05, 0.1) is 5.92 Å². The van der Waals surface area contributed by atoms with Gasteiger partial charge in [-0.25, -0.2) is 9.59 Å². The van der Waals surface area contributed by atoms with Crippen molar-refractivity contribution >= 4 is 18.0 Å². The number of carboxylic acid groups (broad SMARTS) is 2. The van der Waals surface area contributed by atoms with Crippen LogP contribution in [0.1, 0.15) is 33.6 Å². The van der Waals surface area contributed by atoms with E-state index in [0.717, 1.165) is 4.90 Å². The second kappa shape index (κ2) is 5.46. The molecule has 1 amide bonds. The second-order valence-corrected chi connectivity index (χ2v) is 5.59. The van der Waals surface area contributed by atoms with E-state index in [4.69, 9.17) is 14.9 Å². The van der Waals surface area contributed by atoms with E-state index in [0.29, 0.717) is 0 Å². The van der Waals surface area contributed by atoms with Gasteiger partial charge in [0, 0.05) is 6.54 Å². The average Bonchev–Trinajstić information content (AvgIpc) is 2.25. The Balaban J connectivity index is 2.80. The maximum Gasteiger partial charge on any atom is 0.411 e. The molecule has 1 rings (SSSR count). The molecule has 0 unspecified atom stereocenters. The first-order valence-electron chi connectivity index (χ1n) is 6.07. The minimum Gasteiger partial charge on any atom is -0.481 e. The molecule has 19 heavy (non-hydrogen) atoms. The van der Waals surface area contributed by atoms with Crippen LogP contribution in [0.2, 0.25) is 0 Å². The predicted molar refractivity (Wildman–Crippen MR) is 64.7 cm³/mol. The Morgan fingerprint density at radius 3 is 2.16 bits per heavy atom. The highest BCUT2D eigenvalue weighted by Crippen LogP contribution is 2.25. The molecule has 2 N–H and O–H groups in total. The first-order chi connectivity index (χ1) is 8.61. The summed E-state index contributed by atoms with van der Waals surface area (Å²) < 4.78 is 5.13. The number of carboxylic acids is 2. The van der Waals surface area contributed by atoms with Gasteiger partial charge in [-0.15, -0.1) is 0 Å². The summed E-state index contributed by atoms with van der Waals surface area (Å²) in [7, 11) is 0. The molecule has 0 saturated carbocycles. The fraction of sp³-hybridized carbons (Fsp3) is 0.750. The zero-order chi connectivity index (χ0) is 14.8. The van der Waals surface area contributed by atoms with Crippen LogP contribution in [0.25, 0.3) is 0 Å². The van der Waals surface area contributed by atoms with E-state index in [2.05, 4.69) is 0 Å². The van der Waals surface area contributed by atoms with Gasteiger partial charge in [0.25, 0.3) is 0 Å². The molecule has 1 aliphatic heterocycles. The lowest BCUT2D eigenvalue weighted by Crippen LogP contribution is -2.52. The van der Waals surface area contributed by atoms with Crippen molar-refractivity contribution in [3.8, 4) is 0 Å². The Bertz CT molecular complexity index is 386. The van der Waals surface area contributed by atoms with E-state index in [1.54, 1.807) is 20.8 Å². The standard InChI is InChI=1S/C12H19NO6/c1-12(2,3)19-11(18)13-5-4-7(9(14)15)6-8(13)10(16)17/h7-8H,4-6H2,1-3H3,(H,14,15)(H,16,17)/t7-,8-/m0/s1. The monoisotopic (exact) mass is 273 g/mol. The van der Waals surface area contributed by atoms with Crippen LogP contribution in [-0.4, -0.2) is 51.3 Å². The molecule has 0 aromatic carbocycles. The molecule has 0 aliphatic carbocycles. The van der Waals surface area contributed by atoms with Crippen LogP contribution in [0, 0.1) is 5.92 Å². The quantitative estimate of drug-likeness (QED) is 0.782. The highest BCUT2D eigenvalue weighted by molar-refractivity contribution is 5.82. The minimum absolute atomic E-state index is 0.0723. The number of carbonyl (C=O) groups is 3. The van der Waals surface area contributed by atoms with Gasteiger partial charge in [-0.05, 0) is 33.6 Å². The van der Waals surface area contributed by atoms with Crippen molar-refractivity contribution in [2.24, 2.45) is 5.92 Å². The molecule has 0 bridgehead atoms. The molecule has 1 fully saturated rings. The molecule has 2 atom stereocenters. The maximum absolute atomic E-state index is 11.9. The Morgan fingerprint density at radius 2 is 1.74 bits per heavy atom. The van der Waals surface area contributed by atoms with Crippen LogP contribution >= 0.6 is 0 Å². The molecular formula is C12H19NO6. The molecule has 1 saturated heterocycles. The largest absolute Gasteiger partial charge is 0.481 e. The zero-order valence-corrected chi connectivity index (χ0v) is 11.3. The van der Waals surface area contributed by atoms with Gasteiger partial charge in [-0.2, -0.15) is 0 Å². The van der Waals surface area contributed by atoms with E-state index in [1.165, 1.54) is 0 Å². The fourth-order valence-corrected chi connectivity index (χ4v) is 1.96. The summed E-state index contributed by atoms with van der Waals surface area (Å²) in [5.41, 5.74) is -0.718. The van der Waals surface area contributed by atoms with Crippen LogP contribution in [-0.2, 0) is 14.3 Å². The first kappa shape index (κ1) is 15.3. The fourth-order valence-electron chi connectivity index (χ4n) is 1.96. The highest BCUT2D eigenvalue weighted by atomic mass is 16.6. The molecular weight excluding hydrogens is 254 g/mol. The Labute approximate surface area is 111 Å². The predicted octanol–water partition coefficient (Wildman–Crippen LogP) is 1.17. The number of ether oxygens (including phenoxy) is 1. The summed E-state index contributed by atoms with van der Waals surface area (Å²) in [6, 6.07) is -1.15. The number of hydrogen-bond acceptors (Lipinski definition) is 4. The van der Waals surface area contributed by atoms with Gasteiger partial charge in [0.15, 0.2) is 0 Å². The lowest BCUT2D eigenvalue weighted by molar-refractivity contribution is -0.150. The molecule has 1 aliphatic rings. The van der Waals surface area contributed by atoms with Gasteiger partial charge in [-0.3, -0.25) is 9.69 Å². The summed E-state index contributed by atoms with van der Waals surface area (Å²) in [4.78, 5) is 35.0. The second-order valence-electron chi connectivity index (χ2n) is 5.59. The van der Waals surface area contributed by atoms with E-state index >= 15 is 0 Å². The smallest absolute Gasteiger partial charge is 0.411 e. The van der Waals surface area contributed by atoms with Crippen molar-refractivity contribution < 1.29 is 29.3 Å². The third-order valence-electron chi connectivity index (χ3n) is 2.86. The van der Waals surface area contributed by atoms with Crippen molar-refractivity contribution in [1.29, 1.82) is 0 Å². The lowest BCUT2D eigenvalue weighted by Gasteiger charge is -2.36. The molecule has 0 radical (unpaired) electrons. The average molecular weight is 273 g/mol. The molecule has 7 heteroatoms. The Kier molecular flexibility index (Phi) is 4.39. The van der Waals surface area contributed by atoms with Gasteiger partial charge in [-0.1, -0.05) is 0 Å². The topological polar surface area (TPSA) is 104 Å². The molecule has 0 aromatic heterocycles. The zero-order valence-electron chi connectivity index (χ0n) is 11.3. The van der Waals surface area contributed by atoms with Crippen LogP contribution in [0.15, 0.2) is 0 Å². The number of carbonyl (C=O) groups excluding carboxylic acids is 1. The molecule has 7 nitrogen and oxygen atoms in total. The number of amides is 1. The lowest BCUT2D eigenvalue weighted by atomic mass is 9.91. The molecule has 1 heterocycles. The summed E-state index contributed by atoms with van der Waals surface area (Å²) in [6.07, 6.45) is -0.578. The normalized spacial score (nSPS) is 23.8. The third kappa shape index (κ3) is 4.11. The van der Waals surface area contributed by atoms with Crippen LogP contribution in [0.4, 0.5) is 4.79 Å². The third-order valence-corrected chi connectivity index (χ3v) is 2.86. The highest BCUT2D eigenvalue weighted by Gasteiger charge is 2.40. The number of nitrogens with zero attached hydrogens (tertiary/aromatic N) is 1. The number of aliphatic carboxylic acids is 2. The number of hydrogen-bond donors (Lipinski definition) is 2. The van der Waals surface area contributed by atoms with Gasteiger partial charge < -0.3 is 14.9 Å². The van der Waals surface area contributed by atoms with Crippen LogP contribution in [0.3, 0.4) is 0 Å². The van der Waals surface area contributed by atoms with E-state index in [1.807, 2.05) is 0 Å². The van der Waals surface area contributed by atoms with Gasteiger partial charge in [0.2, 0.25) is 0 Å². The van der Waals surface area contributed by atoms with Gasteiger partial charge in [0.1, 0.15) is 11.6 Å². The maximum atomic E-state index is 11.9. The Hall–Kier alpha value is -1.79. The first-order valence-corrected chi connectivity index (χ1v) is 6.07. The Morgan fingerprint density at radius 1 is 1.16 bits per heavy atom.